The first-order chi connectivity index (χ1) is 7.79. The van der Waals surface area contributed by atoms with E-state index in [-0.39, 0.29) is 12.2 Å². The Morgan fingerprint density at radius 3 is 2.53 bits per heavy atom. The first-order valence-electron chi connectivity index (χ1n) is 6.18. The molecule has 0 bridgehead atoms. The molecule has 0 amide bonds. The molecule has 1 heterocycles. The highest BCUT2D eigenvalue weighted by Gasteiger charge is 2.47. The molecule has 0 N–H and O–H groups in total. The van der Waals surface area contributed by atoms with E-state index in [0.717, 1.165) is 12.8 Å². The molecular formula is C13H22O4. The normalized spacial score (nSPS) is 27.9. The molecule has 0 radical (unpaired) electrons. The highest BCUT2D eigenvalue weighted by Crippen LogP contribution is 2.33. The van der Waals surface area contributed by atoms with Crippen molar-refractivity contribution < 1.29 is 19.1 Å². The lowest BCUT2D eigenvalue weighted by Gasteiger charge is -2.40. The Hall–Kier alpha value is -0.900. The fourth-order valence-corrected chi connectivity index (χ4v) is 2.17. The second-order valence-electron chi connectivity index (χ2n) is 5.47. The van der Waals surface area contributed by atoms with E-state index in [2.05, 4.69) is 0 Å². The van der Waals surface area contributed by atoms with Crippen molar-refractivity contribution in [1.29, 1.82) is 0 Å². The third-order valence-corrected chi connectivity index (χ3v) is 2.82. The Morgan fingerprint density at radius 2 is 2.00 bits per heavy atom. The topological polar surface area (TPSA) is 52.6 Å². The molecule has 1 aliphatic rings. The van der Waals surface area contributed by atoms with Crippen LogP contribution in [0.15, 0.2) is 0 Å². The highest BCUT2D eigenvalue weighted by atomic mass is 16.6. The summed E-state index contributed by atoms with van der Waals surface area (Å²) >= 11 is 0. The summed E-state index contributed by atoms with van der Waals surface area (Å²) in [6.07, 6.45) is 2.26. The third-order valence-electron chi connectivity index (χ3n) is 2.82. The lowest BCUT2D eigenvalue weighted by atomic mass is 9.87. The van der Waals surface area contributed by atoms with Crippen molar-refractivity contribution in [3.63, 3.8) is 0 Å². The summed E-state index contributed by atoms with van der Waals surface area (Å²) < 4.78 is 10.9. The van der Waals surface area contributed by atoms with E-state index in [1.807, 2.05) is 20.8 Å². The van der Waals surface area contributed by atoms with Crippen molar-refractivity contribution in [2.24, 2.45) is 0 Å². The van der Waals surface area contributed by atoms with Crippen molar-refractivity contribution in [1.82, 2.24) is 0 Å². The number of esters is 1. The van der Waals surface area contributed by atoms with Crippen LogP contribution in [0.2, 0.25) is 0 Å². The summed E-state index contributed by atoms with van der Waals surface area (Å²) in [6, 6.07) is 0. The Balaban J connectivity index is 2.65. The molecule has 1 rings (SSSR count). The lowest BCUT2D eigenvalue weighted by molar-refractivity contribution is -0.202. The fraction of sp³-hybridized carbons (Fsp3) is 0.846. The van der Waals surface area contributed by atoms with Gasteiger partial charge in [-0.1, -0.05) is 13.3 Å². The molecular weight excluding hydrogens is 220 g/mol. The van der Waals surface area contributed by atoms with Gasteiger partial charge in [0, 0.05) is 12.8 Å². The van der Waals surface area contributed by atoms with Gasteiger partial charge in [-0.25, -0.2) is 4.79 Å². The Kier molecular flexibility index (Phi) is 4.31. The number of ether oxygens (including phenoxy) is 2. The number of carbonyl (C=O) groups is 2. The zero-order valence-corrected chi connectivity index (χ0v) is 11.2. The molecule has 98 valence electrons. The van der Waals surface area contributed by atoms with Gasteiger partial charge in [0.05, 0.1) is 12.2 Å². The van der Waals surface area contributed by atoms with E-state index in [9.17, 15) is 9.59 Å². The van der Waals surface area contributed by atoms with Gasteiger partial charge in [0.15, 0.2) is 5.60 Å². The van der Waals surface area contributed by atoms with Gasteiger partial charge in [0.1, 0.15) is 5.78 Å². The fourth-order valence-electron chi connectivity index (χ4n) is 2.17. The maximum absolute atomic E-state index is 11.9. The predicted molar refractivity (Wildman–Crippen MR) is 63.7 cm³/mol. The molecule has 1 fully saturated rings. The van der Waals surface area contributed by atoms with E-state index < -0.39 is 17.2 Å². The number of rotatable bonds is 4. The van der Waals surface area contributed by atoms with E-state index in [0.29, 0.717) is 13.0 Å². The molecule has 0 aromatic heterocycles. The van der Waals surface area contributed by atoms with Gasteiger partial charge < -0.3 is 9.47 Å². The number of ketones is 1. The monoisotopic (exact) mass is 242 g/mol. The SMILES string of the molecule is CCCCOC(=O)C1(C)CC(=O)CC(C)(C)O1. The van der Waals surface area contributed by atoms with Gasteiger partial charge in [-0.3, -0.25) is 4.79 Å². The van der Waals surface area contributed by atoms with Crippen LogP contribution in [0.25, 0.3) is 0 Å². The van der Waals surface area contributed by atoms with Crippen molar-refractivity contribution in [2.45, 2.75) is 64.6 Å². The van der Waals surface area contributed by atoms with Crippen LogP contribution < -0.4 is 0 Å². The predicted octanol–water partition coefficient (Wildman–Crippen LogP) is 2.25. The second-order valence-corrected chi connectivity index (χ2v) is 5.47. The molecule has 4 heteroatoms. The minimum atomic E-state index is -1.12. The van der Waals surface area contributed by atoms with Crippen LogP contribution in [0.1, 0.15) is 53.4 Å². The minimum Gasteiger partial charge on any atom is -0.464 e. The number of hydrogen-bond donors (Lipinski definition) is 0. The summed E-state index contributed by atoms with van der Waals surface area (Å²) in [7, 11) is 0. The Bertz CT molecular complexity index is 309. The zero-order chi connectivity index (χ0) is 13.1. The molecule has 0 aromatic rings. The smallest absolute Gasteiger partial charge is 0.338 e. The van der Waals surface area contributed by atoms with Gasteiger partial charge in [0.2, 0.25) is 0 Å². The standard InChI is InChI=1S/C13H22O4/c1-5-6-7-16-11(15)13(4)9-10(14)8-12(2,3)17-13/h5-9H2,1-4H3. The van der Waals surface area contributed by atoms with E-state index in [4.69, 9.17) is 9.47 Å². The molecule has 4 nitrogen and oxygen atoms in total. The molecule has 0 spiro atoms. The molecule has 1 unspecified atom stereocenters. The van der Waals surface area contributed by atoms with Crippen LogP contribution in [0.3, 0.4) is 0 Å². The number of unbranched alkanes of at least 4 members (excludes halogenated alkanes) is 1. The van der Waals surface area contributed by atoms with Crippen LogP contribution in [0.4, 0.5) is 0 Å². The van der Waals surface area contributed by atoms with Crippen molar-refractivity contribution in [2.75, 3.05) is 6.61 Å². The molecule has 0 aromatic carbocycles. The van der Waals surface area contributed by atoms with Gasteiger partial charge in [-0.15, -0.1) is 0 Å². The van der Waals surface area contributed by atoms with Crippen molar-refractivity contribution >= 4 is 11.8 Å². The van der Waals surface area contributed by atoms with E-state index >= 15 is 0 Å². The van der Waals surface area contributed by atoms with Crippen molar-refractivity contribution in [3.05, 3.63) is 0 Å². The average molecular weight is 242 g/mol. The lowest BCUT2D eigenvalue weighted by Crippen LogP contribution is -2.52. The van der Waals surface area contributed by atoms with E-state index in [1.165, 1.54) is 0 Å². The molecule has 0 aliphatic carbocycles. The molecule has 1 atom stereocenters. The van der Waals surface area contributed by atoms with Crippen LogP contribution in [-0.4, -0.2) is 29.6 Å². The summed E-state index contributed by atoms with van der Waals surface area (Å²) in [5.74, 6) is -0.372. The Labute approximate surface area is 103 Å². The van der Waals surface area contributed by atoms with Crippen molar-refractivity contribution in [3.8, 4) is 0 Å². The number of hydrogen-bond acceptors (Lipinski definition) is 4. The maximum atomic E-state index is 11.9. The largest absolute Gasteiger partial charge is 0.464 e. The van der Waals surface area contributed by atoms with Crippen LogP contribution in [0, 0.1) is 0 Å². The van der Waals surface area contributed by atoms with Gasteiger partial charge in [-0.05, 0) is 27.2 Å². The van der Waals surface area contributed by atoms with Gasteiger partial charge in [-0.2, -0.15) is 0 Å². The highest BCUT2D eigenvalue weighted by molar-refractivity contribution is 5.90. The average Bonchev–Trinajstić information content (AvgIpc) is 2.13. The zero-order valence-electron chi connectivity index (χ0n) is 11.2. The number of Topliss-reactive ketones (excluding diaryl/α,β-unsaturated/α-hetero) is 1. The quantitative estimate of drug-likeness (QED) is 0.560. The summed E-state index contributed by atoms with van der Waals surface area (Å²) in [5, 5.41) is 0. The summed E-state index contributed by atoms with van der Waals surface area (Å²) in [4.78, 5) is 23.6. The minimum absolute atomic E-state index is 0.0520. The first kappa shape index (κ1) is 14.2. The van der Waals surface area contributed by atoms with Crippen LogP contribution in [-0.2, 0) is 19.1 Å². The van der Waals surface area contributed by atoms with E-state index in [1.54, 1.807) is 6.92 Å². The molecule has 17 heavy (non-hydrogen) atoms. The van der Waals surface area contributed by atoms with Gasteiger partial charge >= 0.3 is 5.97 Å². The Morgan fingerprint density at radius 1 is 1.35 bits per heavy atom. The maximum Gasteiger partial charge on any atom is 0.338 e. The van der Waals surface area contributed by atoms with Gasteiger partial charge in [0.25, 0.3) is 0 Å². The van der Waals surface area contributed by atoms with Crippen LogP contribution in [0.5, 0.6) is 0 Å². The summed E-state index contributed by atoms with van der Waals surface area (Å²) in [5.41, 5.74) is -1.71. The van der Waals surface area contributed by atoms with Crippen LogP contribution >= 0.6 is 0 Å². The molecule has 1 aliphatic heterocycles. The summed E-state index contributed by atoms with van der Waals surface area (Å²) in [6.45, 7) is 7.70. The second kappa shape index (κ2) is 5.17. The molecule has 1 saturated heterocycles. The third kappa shape index (κ3) is 3.80. The first-order valence-corrected chi connectivity index (χ1v) is 6.18. The molecule has 0 saturated carbocycles. The number of carbonyl (C=O) groups excluding carboxylic acids is 2.